The maximum Gasteiger partial charge on any atom is 0.123 e. The van der Waals surface area contributed by atoms with Gasteiger partial charge in [0, 0.05) is 13.1 Å². The maximum absolute atomic E-state index is 4.66. The fraction of sp³-hybridized carbons (Fsp3) is 0.533. The van der Waals surface area contributed by atoms with Gasteiger partial charge in [-0.3, -0.25) is 0 Å². The zero-order valence-electron chi connectivity index (χ0n) is 11.8. The summed E-state index contributed by atoms with van der Waals surface area (Å²) in [6.07, 6.45) is 1.20. The van der Waals surface area contributed by atoms with Gasteiger partial charge in [-0.25, -0.2) is 4.98 Å². The smallest absolute Gasteiger partial charge is 0.123 e. The van der Waals surface area contributed by atoms with Crippen molar-refractivity contribution in [2.75, 3.05) is 0 Å². The summed E-state index contributed by atoms with van der Waals surface area (Å²) >= 11 is 0. The highest BCUT2D eigenvalue weighted by molar-refractivity contribution is 5.75. The highest BCUT2D eigenvalue weighted by Crippen LogP contribution is 2.14. The Balaban J connectivity index is 2.06. The van der Waals surface area contributed by atoms with Gasteiger partial charge in [-0.15, -0.1) is 0 Å². The molecule has 0 spiro atoms. The minimum Gasteiger partial charge on any atom is -0.330 e. The van der Waals surface area contributed by atoms with Crippen LogP contribution in [0.25, 0.3) is 11.0 Å². The molecule has 0 bridgehead atoms. The normalized spacial score (nSPS) is 13.4. The van der Waals surface area contributed by atoms with Crippen molar-refractivity contribution in [3.63, 3.8) is 0 Å². The highest BCUT2D eigenvalue weighted by atomic mass is 15.1. The van der Waals surface area contributed by atoms with E-state index in [1.54, 1.807) is 0 Å². The molecule has 1 atom stereocenters. The molecule has 0 aliphatic heterocycles. The van der Waals surface area contributed by atoms with Gasteiger partial charge < -0.3 is 9.88 Å². The molecule has 1 N–H and O–H groups in total. The number of imidazole rings is 1. The maximum atomic E-state index is 4.66. The number of aromatic nitrogens is 2. The number of fused-ring (bicyclic) bond motifs is 1. The lowest BCUT2D eigenvalue weighted by Gasteiger charge is -2.15. The summed E-state index contributed by atoms with van der Waals surface area (Å²) in [6.45, 7) is 7.59. The largest absolute Gasteiger partial charge is 0.330 e. The Kier molecular flexibility index (Phi) is 4.02. The van der Waals surface area contributed by atoms with E-state index >= 15 is 0 Å². The summed E-state index contributed by atoms with van der Waals surface area (Å²) in [6, 6.07) is 8.81. The van der Waals surface area contributed by atoms with Crippen molar-refractivity contribution in [3.05, 3.63) is 30.1 Å². The topological polar surface area (TPSA) is 29.9 Å². The van der Waals surface area contributed by atoms with Gasteiger partial charge in [-0.05, 0) is 31.4 Å². The van der Waals surface area contributed by atoms with Crippen LogP contribution >= 0.6 is 0 Å². The van der Waals surface area contributed by atoms with Gasteiger partial charge in [-0.2, -0.15) is 0 Å². The SMILES string of the molecule is CC(C)CC(C)NCc1nc2ccccc2n1C. The third kappa shape index (κ3) is 2.91. The molecule has 1 unspecified atom stereocenters. The van der Waals surface area contributed by atoms with Crippen LogP contribution in [0, 0.1) is 5.92 Å². The van der Waals surface area contributed by atoms with Crippen molar-refractivity contribution in [1.82, 2.24) is 14.9 Å². The number of rotatable bonds is 5. The Morgan fingerprint density at radius 3 is 2.61 bits per heavy atom. The summed E-state index contributed by atoms with van der Waals surface area (Å²) in [5.74, 6) is 1.83. The molecule has 1 aromatic heterocycles. The molecule has 1 heterocycles. The standard InChI is InChI=1S/C15H23N3/c1-11(2)9-12(3)16-10-15-17-13-7-5-6-8-14(13)18(15)4/h5-8,11-12,16H,9-10H2,1-4H3. The van der Waals surface area contributed by atoms with Crippen LogP contribution in [0.4, 0.5) is 0 Å². The molecule has 98 valence electrons. The third-order valence-electron chi connectivity index (χ3n) is 3.31. The summed E-state index contributed by atoms with van der Waals surface area (Å²) in [4.78, 5) is 4.66. The lowest BCUT2D eigenvalue weighted by Crippen LogP contribution is -2.28. The highest BCUT2D eigenvalue weighted by Gasteiger charge is 2.09. The van der Waals surface area contributed by atoms with Gasteiger partial charge in [0.1, 0.15) is 5.82 Å². The zero-order valence-corrected chi connectivity index (χ0v) is 11.8. The van der Waals surface area contributed by atoms with Crippen molar-refractivity contribution < 1.29 is 0 Å². The van der Waals surface area contributed by atoms with E-state index in [0.29, 0.717) is 6.04 Å². The molecule has 3 heteroatoms. The summed E-state index contributed by atoms with van der Waals surface area (Å²) in [7, 11) is 2.08. The minimum absolute atomic E-state index is 0.532. The zero-order chi connectivity index (χ0) is 13.1. The van der Waals surface area contributed by atoms with E-state index in [1.165, 1.54) is 11.9 Å². The van der Waals surface area contributed by atoms with Crippen LogP contribution in [-0.2, 0) is 13.6 Å². The van der Waals surface area contributed by atoms with Crippen LogP contribution in [0.1, 0.15) is 33.0 Å². The summed E-state index contributed by atoms with van der Waals surface area (Å²) in [5.41, 5.74) is 2.28. The van der Waals surface area contributed by atoms with Crippen LogP contribution in [0.2, 0.25) is 0 Å². The fourth-order valence-electron chi connectivity index (χ4n) is 2.41. The van der Waals surface area contributed by atoms with Crippen molar-refractivity contribution in [2.24, 2.45) is 13.0 Å². The second-order valence-electron chi connectivity index (χ2n) is 5.49. The van der Waals surface area contributed by atoms with Gasteiger partial charge in [0.25, 0.3) is 0 Å². The molecule has 3 nitrogen and oxygen atoms in total. The molecular weight excluding hydrogens is 222 g/mol. The Hall–Kier alpha value is -1.35. The van der Waals surface area contributed by atoms with Crippen LogP contribution < -0.4 is 5.32 Å². The number of nitrogens with one attached hydrogen (secondary N) is 1. The van der Waals surface area contributed by atoms with E-state index in [9.17, 15) is 0 Å². The Bertz CT molecular complexity index is 513. The average molecular weight is 245 g/mol. The lowest BCUT2D eigenvalue weighted by atomic mass is 10.1. The second kappa shape index (κ2) is 5.53. The molecule has 0 saturated carbocycles. The van der Waals surface area contributed by atoms with E-state index in [4.69, 9.17) is 0 Å². The van der Waals surface area contributed by atoms with E-state index in [2.05, 4.69) is 60.9 Å². The Morgan fingerprint density at radius 2 is 1.94 bits per heavy atom. The van der Waals surface area contributed by atoms with Crippen LogP contribution in [0.3, 0.4) is 0 Å². The number of hydrogen-bond donors (Lipinski definition) is 1. The molecule has 0 aliphatic rings. The first-order valence-electron chi connectivity index (χ1n) is 6.71. The molecule has 0 saturated heterocycles. The summed E-state index contributed by atoms with van der Waals surface area (Å²) < 4.78 is 2.17. The van der Waals surface area contributed by atoms with Gasteiger partial charge in [0.05, 0.1) is 17.6 Å². The van der Waals surface area contributed by atoms with Crippen molar-refractivity contribution in [2.45, 2.75) is 39.8 Å². The number of nitrogens with zero attached hydrogens (tertiary/aromatic N) is 2. The molecule has 0 radical (unpaired) electrons. The quantitative estimate of drug-likeness (QED) is 0.877. The fourth-order valence-corrected chi connectivity index (χ4v) is 2.41. The number of para-hydroxylation sites is 2. The number of hydrogen-bond acceptors (Lipinski definition) is 2. The molecular formula is C15H23N3. The van der Waals surface area contributed by atoms with Gasteiger partial charge >= 0.3 is 0 Å². The number of benzene rings is 1. The first-order chi connectivity index (χ1) is 8.58. The van der Waals surface area contributed by atoms with Gasteiger partial charge in [0.2, 0.25) is 0 Å². The predicted molar refractivity (Wildman–Crippen MR) is 76.5 cm³/mol. The molecule has 2 rings (SSSR count). The van der Waals surface area contributed by atoms with Crippen LogP contribution in [0.5, 0.6) is 0 Å². The van der Waals surface area contributed by atoms with Crippen molar-refractivity contribution in [1.29, 1.82) is 0 Å². The molecule has 1 aromatic carbocycles. The predicted octanol–water partition coefficient (Wildman–Crippen LogP) is 3.10. The van der Waals surface area contributed by atoms with E-state index < -0.39 is 0 Å². The minimum atomic E-state index is 0.532. The number of aryl methyl sites for hydroxylation is 1. The van der Waals surface area contributed by atoms with Gasteiger partial charge in [-0.1, -0.05) is 26.0 Å². The lowest BCUT2D eigenvalue weighted by molar-refractivity contribution is 0.435. The Morgan fingerprint density at radius 1 is 1.22 bits per heavy atom. The van der Waals surface area contributed by atoms with Crippen molar-refractivity contribution >= 4 is 11.0 Å². The van der Waals surface area contributed by atoms with Crippen LogP contribution in [0.15, 0.2) is 24.3 Å². The summed E-state index contributed by atoms with van der Waals surface area (Å²) in [5, 5.41) is 3.55. The van der Waals surface area contributed by atoms with Gasteiger partial charge in [0.15, 0.2) is 0 Å². The molecule has 18 heavy (non-hydrogen) atoms. The first kappa shape index (κ1) is 13.1. The van der Waals surface area contributed by atoms with E-state index in [0.717, 1.165) is 23.8 Å². The monoisotopic (exact) mass is 245 g/mol. The molecule has 0 amide bonds. The first-order valence-corrected chi connectivity index (χ1v) is 6.71. The second-order valence-corrected chi connectivity index (χ2v) is 5.49. The average Bonchev–Trinajstić information content (AvgIpc) is 2.64. The van der Waals surface area contributed by atoms with E-state index in [1.807, 2.05) is 6.07 Å². The van der Waals surface area contributed by atoms with Crippen molar-refractivity contribution in [3.8, 4) is 0 Å². The molecule has 0 fully saturated rings. The third-order valence-corrected chi connectivity index (χ3v) is 3.31. The molecule has 0 aliphatic carbocycles. The molecule has 2 aromatic rings. The van der Waals surface area contributed by atoms with E-state index in [-0.39, 0.29) is 0 Å². The Labute approximate surface area is 109 Å². The van der Waals surface area contributed by atoms with Crippen LogP contribution in [-0.4, -0.2) is 15.6 Å².